The van der Waals surface area contributed by atoms with Gasteiger partial charge in [0.1, 0.15) is 4.90 Å². The number of carboxylic acids is 1. The van der Waals surface area contributed by atoms with Gasteiger partial charge in [-0.1, -0.05) is 18.2 Å². The summed E-state index contributed by atoms with van der Waals surface area (Å²) < 4.78 is 28.5. The molecule has 1 aromatic heterocycles. The smallest absolute Gasteiger partial charge is 0.306 e. The van der Waals surface area contributed by atoms with Crippen LogP contribution in [0.3, 0.4) is 0 Å². The van der Waals surface area contributed by atoms with Crippen LogP contribution in [0.1, 0.15) is 12.8 Å². The molecule has 0 saturated heterocycles. The van der Waals surface area contributed by atoms with Gasteiger partial charge in [-0.2, -0.15) is 5.10 Å². The zero-order valence-corrected chi connectivity index (χ0v) is 12.4. The van der Waals surface area contributed by atoms with Gasteiger partial charge in [0.2, 0.25) is 10.0 Å². The molecule has 0 unspecified atom stereocenters. The predicted octanol–water partition coefficient (Wildman–Crippen LogP) is 1.01. The molecular weight excluding hydrogens is 306 g/mol. The van der Waals surface area contributed by atoms with Gasteiger partial charge >= 0.3 is 5.97 Å². The first-order valence-electron chi connectivity index (χ1n) is 6.81. The summed E-state index contributed by atoms with van der Waals surface area (Å²) in [4.78, 5) is 10.8. The van der Waals surface area contributed by atoms with Gasteiger partial charge in [-0.15, -0.1) is 0 Å². The van der Waals surface area contributed by atoms with E-state index < -0.39 is 21.9 Å². The second-order valence-electron chi connectivity index (χ2n) is 5.28. The highest BCUT2D eigenvalue weighted by Gasteiger charge is 2.37. The van der Waals surface area contributed by atoms with Crippen LogP contribution in [0.4, 0.5) is 0 Å². The third-order valence-electron chi connectivity index (χ3n) is 3.70. The lowest BCUT2D eigenvalue weighted by Crippen LogP contribution is -2.46. The largest absolute Gasteiger partial charge is 0.481 e. The highest BCUT2D eigenvalue weighted by molar-refractivity contribution is 7.89. The van der Waals surface area contributed by atoms with Crippen molar-refractivity contribution in [3.63, 3.8) is 0 Å². The fraction of sp³-hybridized carbons (Fsp3) is 0.286. The minimum Gasteiger partial charge on any atom is -0.481 e. The zero-order valence-electron chi connectivity index (χ0n) is 11.6. The first-order valence-corrected chi connectivity index (χ1v) is 8.29. The van der Waals surface area contributed by atoms with Crippen molar-refractivity contribution in [1.29, 1.82) is 0 Å². The van der Waals surface area contributed by atoms with Gasteiger partial charge in [-0.05, 0) is 25.0 Å². The van der Waals surface area contributed by atoms with Gasteiger partial charge in [-0.25, -0.2) is 17.8 Å². The quantitative estimate of drug-likeness (QED) is 0.856. The van der Waals surface area contributed by atoms with Gasteiger partial charge in [-0.3, -0.25) is 4.79 Å². The summed E-state index contributed by atoms with van der Waals surface area (Å²) in [5, 5.41) is 12.9. The summed E-state index contributed by atoms with van der Waals surface area (Å²) in [6, 6.07) is 8.85. The van der Waals surface area contributed by atoms with E-state index in [1.54, 1.807) is 0 Å². The summed E-state index contributed by atoms with van der Waals surface area (Å²) in [5.41, 5.74) is 0.763. The molecule has 3 rings (SSSR count). The molecule has 1 heterocycles. The summed E-state index contributed by atoms with van der Waals surface area (Å²) in [6.07, 6.45) is 3.36. The SMILES string of the molecule is O=C(O)C1CC(NS(=O)(=O)c2cnn(-c3ccccc3)c2)C1. The van der Waals surface area contributed by atoms with E-state index in [-0.39, 0.29) is 10.9 Å². The molecule has 1 aliphatic carbocycles. The van der Waals surface area contributed by atoms with E-state index in [0.29, 0.717) is 12.8 Å². The molecule has 1 aromatic carbocycles. The molecule has 0 amide bonds. The summed E-state index contributed by atoms with van der Waals surface area (Å²) in [7, 11) is -3.68. The standard InChI is InChI=1S/C14H15N3O4S/c18-14(19)10-6-11(7-10)16-22(20,21)13-8-15-17(9-13)12-4-2-1-3-5-12/h1-5,8-11,16H,6-7H2,(H,18,19). The molecule has 7 nitrogen and oxygen atoms in total. The maximum Gasteiger partial charge on any atom is 0.306 e. The zero-order chi connectivity index (χ0) is 15.7. The van der Waals surface area contributed by atoms with Crippen LogP contribution in [0, 0.1) is 5.92 Å². The van der Waals surface area contributed by atoms with E-state index in [0.717, 1.165) is 5.69 Å². The predicted molar refractivity (Wildman–Crippen MR) is 78.0 cm³/mol. The Labute approximate surface area is 127 Å². The Morgan fingerprint density at radius 1 is 1.27 bits per heavy atom. The minimum absolute atomic E-state index is 0.0649. The van der Waals surface area contributed by atoms with Crippen molar-refractivity contribution in [2.75, 3.05) is 0 Å². The number of carbonyl (C=O) groups is 1. The van der Waals surface area contributed by atoms with Crippen molar-refractivity contribution >= 4 is 16.0 Å². The number of nitrogens with one attached hydrogen (secondary N) is 1. The number of hydrogen-bond donors (Lipinski definition) is 2. The Morgan fingerprint density at radius 3 is 2.59 bits per heavy atom. The molecule has 2 aromatic rings. The third kappa shape index (κ3) is 2.88. The number of rotatable bonds is 5. The normalized spacial score (nSPS) is 21.3. The van der Waals surface area contributed by atoms with E-state index in [9.17, 15) is 13.2 Å². The minimum atomic E-state index is -3.68. The molecule has 0 atom stereocenters. The van der Waals surface area contributed by atoms with Crippen molar-refractivity contribution in [2.45, 2.75) is 23.8 Å². The number of sulfonamides is 1. The number of nitrogens with zero attached hydrogens (tertiary/aromatic N) is 2. The molecule has 0 radical (unpaired) electrons. The van der Waals surface area contributed by atoms with E-state index in [2.05, 4.69) is 9.82 Å². The van der Waals surface area contributed by atoms with Gasteiger partial charge in [0, 0.05) is 6.04 Å². The molecule has 1 saturated carbocycles. The average Bonchev–Trinajstić information content (AvgIpc) is 2.93. The average molecular weight is 321 g/mol. The second-order valence-corrected chi connectivity index (χ2v) is 6.99. The summed E-state index contributed by atoms with van der Waals surface area (Å²) in [6.45, 7) is 0. The first kappa shape index (κ1) is 14.7. The number of para-hydroxylation sites is 1. The third-order valence-corrected chi connectivity index (χ3v) is 5.17. The monoisotopic (exact) mass is 321 g/mol. The Morgan fingerprint density at radius 2 is 1.95 bits per heavy atom. The highest BCUT2D eigenvalue weighted by atomic mass is 32.2. The van der Waals surface area contributed by atoms with E-state index in [1.807, 2.05) is 30.3 Å². The molecule has 2 N–H and O–H groups in total. The first-order chi connectivity index (χ1) is 10.5. The van der Waals surface area contributed by atoms with Crippen LogP contribution in [0.25, 0.3) is 5.69 Å². The molecule has 0 aliphatic heterocycles. The van der Waals surface area contributed by atoms with Crippen molar-refractivity contribution < 1.29 is 18.3 Å². The Hall–Kier alpha value is -2.19. The van der Waals surface area contributed by atoms with Crippen molar-refractivity contribution in [3.05, 3.63) is 42.7 Å². The fourth-order valence-electron chi connectivity index (χ4n) is 2.37. The van der Waals surface area contributed by atoms with E-state index in [1.165, 1.54) is 17.1 Å². The van der Waals surface area contributed by atoms with Crippen LogP contribution in [-0.4, -0.2) is 35.3 Å². The Kier molecular flexibility index (Phi) is 3.71. The molecule has 0 bridgehead atoms. The van der Waals surface area contributed by atoms with Crippen LogP contribution in [0.5, 0.6) is 0 Å². The van der Waals surface area contributed by atoms with Crippen LogP contribution in [-0.2, 0) is 14.8 Å². The summed E-state index contributed by atoms with van der Waals surface area (Å²) >= 11 is 0. The number of benzene rings is 1. The van der Waals surface area contributed by atoms with Crippen LogP contribution in [0.2, 0.25) is 0 Å². The van der Waals surface area contributed by atoms with Gasteiger partial charge in [0.15, 0.2) is 0 Å². The molecule has 116 valence electrons. The van der Waals surface area contributed by atoms with Crippen molar-refractivity contribution in [1.82, 2.24) is 14.5 Å². The lowest BCUT2D eigenvalue weighted by Gasteiger charge is -2.32. The van der Waals surface area contributed by atoms with Crippen LogP contribution >= 0.6 is 0 Å². The van der Waals surface area contributed by atoms with E-state index in [4.69, 9.17) is 5.11 Å². The summed E-state index contributed by atoms with van der Waals surface area (Å²) in [5.74, 6) is -1.34. The Bertz CT molecular complexity index is 779. The number of aliphatic carboxylic acids is 1. The lowest BCUT2D eigenvalue weighted by molar-refractivity contribution is -0.145. The topological polar surface area (TPSA) is 101 Å². The number of carboxylic acid groups (broad SMARTS) is 1. The molecule has 1 fully saturated rings. The molecule has 0 spiro atoms. The van der Waals surface area contributed by atoms with Crippen LogP contribution < -0.4 is 4.72 Å². The maximum atomic E-state index is 12.2. The number of aromatic nitrogens is 2. The van der Waals surface area contributed by atoms with Crippen LogP contribution in [0.15, 0.2) is 47.6 Å². The second kappa shape index (κ2) is 5.54. The maximum absolute atomic E-state index is 12.2. The molecule has 8 heteroatoms. The Balaban J connectivity index is 1.71. The lowest BCUT2D eigenvalue weighted by atomic mass is 9.81. The molecule has 1 aliphatic rings. The fourth-order valence-corrected chi connectivity index (χ4v) is 3.56. The highest BCUT2D eigenvalue weighted by Crippen LogP contribution is 2.28. The molecule has 22 heavy (non-hydrogen) atoms. The molecular formula is C14H15N3O4S. The van der Waals surface area contributed by atoms with E-state index >= 15 is 0 Å². The van der Waals surface area contributed by atoms with Crippen molar-refractivity contribution in [3.8, 4) is 5.69 Å². The number of hydrogen-bond acceptors (Lipinski definition) is 4. The van der Waals surface area contributed by atoms with Gasteiger partial charge in [0.05, 0.1) is 24.0 Å². The van der Waals surface area contributed by atoms with Crippen molar-refractivity contribution in [2.24, 2.45) is 5.92 Å². The van der Waals surface area contributed by atoms with Gasteiger partial charge in [0.25, 0.3) is 0 Å². The van der Waals surface area contributed by atoms with Gasteiger partial charge < -0.3 is 5.11 Å².